The summed E-state index contributed by atoms with van der Waals surface area (Å²) in [4.78, 5) is 13.8. The van der Waals surface area contributed by atoms with E-state index in [4.69, 9.17) is 0 Å². The average Bonchev–Trinajstić information content (AvgIpc) is 2.28. The number of carbonyl (C=O) groups is 1. The van der Waals surface area contributed by atoms with Gasteiger partial charge in [0, 0.05) is 12.6 Å². The molecule has 0 aliphatic carbocycles. The molecule has 0 aromatic heterocycles. The summed E-state index contributed by atoms with van der Waals surface area (Å²) >= 11 is 0. The van der Waals surface area contributed by atoms with Gasteiger partial charge >= 0.3 is 0 Å². The number of hydrogen-bond donors (Lipinski definition) is 0. The lowest BCUT2D eigenvalue weighted by atomic mass is 10.1. The summed E-state index contributed by atoms with van der Waals surface area (Å²) in [7, 11) is 0. The lowest BCUT2D eigenvalue weighted by molar-refractivity contribution is -0.127. The molecular weight excluding hydrogens is 234 g/mol. The maximum absolute atomic E-state index is 11.9. The van der Waals surface area contributed by atoms with Gasteiger partial charge in [-0.15, -0.1) is 0 Å². The Hall–Kier alpha value is -1.31. The predicted molar refractivity (Wildman–Crippen MR) is 84.1 cm³/mol. The molecule has 108 valence electrons. The van der Waals surface area contributed by atoms with Crippen molar-refractivity contribution in [2.45, 2.75) is 60.4 Å². The van der Waals surface area contributed by atoms with Crippen molar-refractivity contribution in [1.82, 2.24) is 4.90 Å². The van der Waals surface area contributed by atoms with E-state index < -0.39 is 0 Å². The molecule has 0 unspecified atom stereocenters. The van der Waals surface area contributed by atoms with Gasteiger partial charge in [0.25, 0.3) is 0 Å². The van der Waals surface area contributed by atoms with E-state index in [1.165, 1.54) is 11.1 Å². The highest BCUT2D eigenvalue weighted by atomic mass is 16.2. The predicted octanol–water partition coefficient (Wildman–Crippen LogP) is 4.49. The molecule has 0 bridgehead atoms. The quantitative estimate of drug-likeness (QED) is 0.489. The first kappa shape index (κ1) is 17.7. The van der Waals surface area contributed by atoms with Crippen LogP contribution in [0.25, 0.3) is 0 Å². The zero-order valence-electron chi connectivity index (χ0n) is 13.4. The van der Waals surface area contributed by atoms with Gasteiger partial charge in [0.15, 0.2) is 0 Å². The van der Waals surface area contributed by atoms with Crippen LogP contribution in [-0.4, -0.2) is 23.4 Å². The minimum absolute atomic E-state index is 0.0887. The van der Waals surface area contributed by atoms with Gasteiger partial charge in [0.2, 0.25) is 5.91 Å². The molecule has 0 rings (SSSR count). The second-order valence-corrected chi connectivity index (χ2v) is 5.45. The Morgan fingerprint density at radius 3 is 2.26 bits per heavy atom. The second kappa shape index (κ2) is 9.60. The van der Waals surface area contributed by atoms with Crippen LogP contribution < -0.4 is 0 Å². The number of hydrogen-bond acceptors (Lipinski definition) is 1. The van der Waals surface area contributed by atoms with Crippen LogP contribution in [0.4, 0.5) is 0 Å². The van der Waals surface area contributed by atoms with Crippen LogP contribution in [0.1, 0.15) is 54.4 Å². The summed E-state index contributed by atoms with van der Waals surface area (Å²) in [5.74, 6) is 0.0887. The Bertz CT molecular complexity index is 357. The number of nitrogens with zero attached hydrogens (tertiary/aromatic N) is 1. The van der Waals surface area contributed by atoms with E-state index in [-0.39, 0.29) is 11.9 Å². The first-order valence-corrected chi connectivity index (χ1v) is 7.10. The molecule has 0 atom stereocenters. The largest absolute Gasteiger partial charge is 0.333 e. The molecule has 0 aromatic carbocycles. The zero-order chi connectivity index (χ0) is 14.8. The smallest absolute Gasteiger partial charge is 0.246 e. The first-order chi connectivity index (χ1) is 8.88. The number of rotatable bonds is 7. The molecule has 1 amide bonds. The van der Waals surface area contributed by atoms with Crippen molar-refractivity contribution in [3.05, 3.63) is 35.5 Å². The van der Waals surface area contributed by atoms with Gasteiger partial charge in [-0.25, -0.2) is 0 Å². The highest BCUT2D eigenvalue weighted by Crippen LogP contribution is 2.08. The number of carbonyl (C=O) groups excluding carboxylic acids is 1. The highest BCUT2D eigenvalue weighted by Gasteiger charge is 2.12. The fourth-order valence-corrected chi connectivity index (χ4v) is 1.74. The summed E-state index contributed by atoms with van der Waals surface area (Å²) < 4.78 is 0. The summed E-state index contributed by atoms with van der Waals surface area (Å²) in [6, 6.07) is 0.227. The van der Waals surface area contributed by atoms with E-state index >= 15 is 0 Å². The highest BCUT2D eigenvalue weighted by molar-refractivity contribution is 5.87. The van der Waals surface area contributed by atoms with Crippen LogP contribution in [0.2, 0.25) is 0 Å². The molecule has 2 heteroatoms. The van der Waals surface area contributed by atoms with E-state index in [0.29, 0.717) is 6.54 Å². The molecule has 0 spiro atoms. The molecule has 0 aromatic rings. The summed E-state index contributed by atoms with van der Waals surface area (Å²) in [5.41, 5.74) is 2.70. The van der Waals surface area contributed by atoms with Crippen LogP contribution in [0, 0.1) is 0 Å². The van der Waals surface area contributed by atoms with E-state index in [1.54, 1.807) is 12.2 Å². The van der Waals surface area contributed by atoms with Crippen LogP contribution >= 0.6 is 0 Å². The van der Waals surface area contributed by atoms with E-state index in [2.05, 4.69) is 32.9 Å². The minimum atomic E-state index is 0.0887. The third-order valence-electron chi connectivity index (χ3n) is 2.94. The molecule has 2 nitrogen and oxygen atoms in total. The SMILES string of the molecule is CC=CC(=O)N(CC=C(C)CCC=C(C)C)C(C)C. The van der Waals surface area contributed by atoms with Crippen molar-refractivity contribution >= 4 is 5.91 Å². The summed E-state index contributed by atoms with van der Waals surface area (Å²) in [6.45, 7) is 13.0. The van der Waals surface area contributed by atoms with Crippen molar-refractivity contribution < 1.29 is 4.79 Å². The maximum Gasteiger partial charge on any atom is 0.246 e. The van der Waals surface area contributed by atoms with Crippen LogP contribution in [0.15, 0.2) is 35.5 Å². The first-order valence-electron chi connectivity index (χ1n) is 7.10. The zero-order valence-corrected chi connectivity index (χ0v) is 13.4. The minimum Gasteiger partial charge on any atom is -0.333 e. The molecule has 0 saturated carbocycles. The van der Waals surface area contributed by atoms with E-state index in [9.17, 15) is 4.79 Å². The fourth-order valence-electron chi connectivity index (χ4n) is 1.74. The molecule has 0 aliphatic rings. The van der Waals surface area contributed by atoms with Gasteiger partial charge < -0.3 is 4.90 Å². The molecular formula is C17H29NO. The van der Waals surface area contributed by atoms with Crippen molar-refractivity contribution in [3.63, 3.8) is 0 Å². The van der Waals surface area contributed by atoms with Crippen molar-refractivity contribution in [3.8, 4) is 0 Å². The Kier molecular flexibility index (Phi) is 8.94. The normalized spacial score (nSPS) is 12.1. The third kappa shape index (κ3) is 8.41. The Morgan fingerprint density at radius 2 is 1.79 bits per heavy atom. The monoisotopic (exact) mass is 263 g/mol. The molecule has 0 aliphatic heterocycles. The fraction of sp³-hybridized carbons (Fsp3) is 0.588. The second-order valence-electron chi connectivity index (χ2n) is 5.45. The Labute approximate surface area is 118 Å². The molecule has 0 heterocycles. The summed E-state index contributed by atoms with van der Waals surface area (Å²) in [5, 5.41) is 0. The van der Waals surface area contributed by atoms with Gasteiger partial charge in [0.1, 0.15) is 0 Å². The van der Waals surface area contributed by atoms with Crippen molar-refractivity contribution in [2.24, 2.45) is 0 Å². The third-order valence-corrected chi connectivity index (χ3v) is 2.94. The summed E-state index contributed by atoms with van der Waals surface area (Å²) in [6.07, 6.45) is 9.99. The van der Waals surface area contributed by atoms with Crippen LogP contribution in [0.5, 0.6) is 0 Å². The Morgan fingerprint density at radius 1 is 1.16 bits per heavy atom. The topological polar surface area (TPSA) is 20.3 Å². The molecule has 0 radical (unpaired) electrons. The van der Waals surface area contributed by atoms with Gasteiger partial charge in [-0.2, -0.15) is 0 Å². The van der Waals surface area contributed by atoms with Crippen LogP contribution in [0.3, 0.4) is 0 Å². The van der Waals surface area contributed by atoms with E-state index in [1.807, 2.05) is 25.7 Å². The van der Waals surface area contributed by atoms with Crippen LogP contribution in [-0.2, 0) is 4.79 Å². The van der Waals surface area contributed by atoms with Crippen molar-refractivity contribution in [2.75, 3.05) is 6.54 Å². The van der Waals surface area contributed by atoms with Gasteiger partial charge in [-0.1, -0.05) is 29.4 Å². The standard InChI is InChI=1S/C17H29NO/c1-7-9-17(19)18(15(4)5)13-12-16(6)11-8-10-14(2)3/h7,9-10,12,15H,8,11,13H2,1-6H3. The molecule has 0 fully saturated rings. The number of allylic oxidation sites excluding steroid dienone is 4. The van der Waals surface area contributed by atoms with Gasteiger partial charge in [0.05, 0.1) is 0 Å². The molecule has 0 saturated heterocycles. The van der Waals surface area contributed by atoms with E-state index in [0.717, 1.165) is 12.8 Å². The Balaban J connectivity index is 4.45. The average molecular weight is 263 g/mol. The van der Waals surface area contributed by atoms with Crippen molar-refractivity contribution in [1.29, 1.82) is 0 Å². The molecule has 19 heavy (non-hydrogen) atoms. The molecule has 0 N–H and O–H groups in total. The maximum atomic E-state index is 11.9. The lowest BCUT2D eigenvalue weighted by Crippen LogP contribution is -2.35. The van der Waals surface area contributed by atoms with Gasteiger partial charge in [-0.3, -0.25) is 4.79 Å². The lowest BCUT2D eigenvalue weighted by Gasteiger charge is -2.24. The van der Waals surface area contributed by atoms with Gasteiger partial charge in [-0.05, 0) is 60.5 Å². The number of amides is 1.